The minimum absolute atomic E-state index is 0.629. The third kappa shape index (κ3) is 19.8. The fourth-order valence-electron chi connectivity index (χ4n) is 2.05. The van der Waals surface area contributed by atoms with Gasteiger partial charge in [-0.15, -0.1) is 0 Å². The van der Waals surface area contributed by atoms with Crippen LogP contribution in [-0.2, 0) is 18.9 Å². The van der Waals surface area contributed by atoms with Crippen molar-refractivity contribution in [2.45, 2.75) is 65.7 Å². The van der Waals surface area contributed by atoms with Gasteiger partial charge in [0.2, 0.25) is 0 Å². The molecule has 0 amide bonds. The maximum atomic E-state index is 5.55. The number of unbranched alkanes of at least 4 members (excludes halogenated alkanes) is 5. The molecule has 0 aliphatic heterocycles. The topological polar surface area (TPSA) is 36.9 Å². The Morgan fingerprint density at radius 1 is 0.565 bits per heavy atom. The summed E-state index contributed by atoms with van der Waals surface area (Å²) in [5.74, 6) is 0.634. The smallest absolute Gasteiger partial charge is 0.0701 e. The molecule has 0 N–H and O–H groups in total. The normalized spacial score (nSPS) is 12.7. The zero-order chi connectivity index (χ0) is 17.0. The summed E-state index contributed by atoms with van der Waals surface area (Å²) < 4.78 is 22.0. The van der Waals surface area contributed by atoms with E-state index in [1.165, 1.54) is 38.5 Å². The first kappa shape index (κ1) is 22.8. The third-order valence-electron chi connectivity index (χ3n) is 3.86. The number of ether oxygens (including phenoxy) is 4. The van der Waals surface area contributed by atoms with Crippen molar-refractivity contribution in [1.82, 2.24) is 0 Å². The highest BCUT2D eigenvalue weighted by molar-refractivity contribution is 4.46. The van der Waals surface area contributed by atoms with E-state index < -0.39 is 0 Å². The molecule has 0 fully saturated rings. The van der Waals surface area contributed by atoms with Gasteiger partial charge in [0.15, 0.2) is 0 Å². The van der Waals surface area contributed by atoms with Crippen LogP contribution in [0.4, 0.5) is 0 Å². The zero-order valence-corrected chi connectivity index (χ0v) is 15.8. The Balaban J connectivity index is 2.97. The lowest BCUT2D eigenvalue weighted by Gasteiger charge is -2.10. The molecule has 0 rings (SSSR count). The molecule has 0 aliphatic rings. The molecule has 0 aromatic heterocycles. The van der Waals surface area contributed by atoms with Gasteiger partial charge in [0.25, 0.3) is 0 Å². The second kappa shape index (κ2) is 19.9. The molecule has 4 heteroatoms. The molecule has 0 aliphatic carbocycles. The van der Waals surface area contributed by atoms with Gasteiger partial charge >= 0.3 is 0 Å². The average Bonchev–Trinajstić information content (AvgIpc) is 2.57. The van der Waals surface area contributed by atoms with Gasteiger partial charge in [0, 0.05) is 13.2 Å². The van der Waals surface area contributed by atoms with Crippen molar-refractivity contribution in [1.29, 1.82) is 0 Å². The summed E-state index contributed by atoms with van der Waals surface area (Å²) >= 11 is 0. The molecule has 0 aromatic rings. The van der Waals surface area contributed by atoms with Crippen molar-refractivity contribution in [3.8, 4) is 0 Å². The van der Waals surface area contributed by atoms with Gasteiger partial charge in [-0.3, -0.25) is 0 Å². The van der Waals surface area contributed by atoms with Crippen LogP contribution in [0.15, 0.2) is 0 Å². The Kier molecular flexibility index (Phi) is 19.7. The zero-order valence-electron chi connectivity index (χ0n) is 15.8. The van der Waals surface area contributed by atoms with Crippen LogP contribution in [0, 0.1) is 5.92 Å². The molecule has 4 nitrogen and oxygen atoms in total. The Labute approximate surface area is 144 Å². The predicted molar refractivity (Wildman–Crippen MR) is 96.1 cm³/mol. The molecule has 1 atom stereocenters. The van der Waals surface area contributed by atoms with Gasteiger partial charge in [-0.05, 0) is 12.3 Å². The largest absolute Gasteiger partial charge is 0.379 e. The van der Waals surface area contributed by atoms with Crippen molar-refractivity contribution in [3.63, 3.8) is 0 Å². The summed E-state index contributed by atoms with van der Waals surface area (Å²) in [7, 11) is 0. The fourth-order valence-corrected chi connectivity index (χ4v) is 2.05. The van der Waals surface area contributed by atoms with Gasteiger partial charge in [-0.25, -0.2) is 0 Å². The van der Waals surface area contributed by atoms with Gasteiger partial charge in [0.05, 0.1) is 39.6 Å². The highest BCUT2D eigenvalue weighted by Gasteiger charge is 1.98. The number of hydrogen-bond donors (Lipinski definition) is 0. The molecule has 0 aromatic carbocycles. The standard InChI is InChI=1S/C19H40O4/c1-4-6-7-8-9-10-11-20-12-13-21-14-15-22-16-17-23-18-19(3)5-2/h19H,4-18H2,1-3H3. The maximum Gasteiger partial charge on any atom is 0.0701 e. The Bertz CT molecular complexity index is 212. The van der Waals surface area contributed by atoms with Crippen LogP contribution in [0.1, 0.15) is 65.7 Å². The molecule has 0 spiro atoms. The summed E-state index contributed by atoms with van der Waals surface area (Å²) in [6.45, 7) is 12.2. The first-order chi connectivity index (χ1) is 11.3. The molecule has 0 heterocycles. The van der Waals surface area contributed by atoms with E-state index in [0.717, 1.165) is 19.6 Å². The average molecular weight is 333 g/mol. The lowest BCUT2D eigenvalue weighted by molar-refractivity contribution is -0.00563. The molecule has 0 radical (unpaired) electrons. The van der Waals surface area contributed by atoms with Crippen LogP contribution >= 0.6 is 0 Å². The van der Waals surface area contributed by atoms with E-state index in [-0.39, 0.29) is 0 Å². The van der Waals surface area contributed by atoms with Crippen molar-refractivity contribution >= 4 is 0 Å². The van der Waals surface area contributed by atoms with Gasteiger partial charge in [-0.1, -0.05) is 59.3 Å². The second-order valence-corrected chi connectivity index (χ2v) is 6.19. The Hall–Kier alpha value is -0.160. The molecule has 0 bridgehead atoms. The fraction of sp³-hybridized carbons (Fsp3) is 1.00. The molecular weight excluding hydrogens is 292 g/mol. The second-order valence-electron chi connectivity index (χ2n) is 6.19. The van der Waals surface area contributed by atoms with Crippen LogP contribution in [-0.4, -0.2) is 52.9 Å². The summed E-state index contributed by atoms with van der Waals surface area (Å²) in [4.78, 5) is 0. The lowest BCUT2D eigenvalue weighted by Crippen LogP contribution is -2.13. The lowest BCUT2D eigenvalue weighted by atomic mass is 10.1. The van der Waals surface area contributed by atoms with E-state index in [4.69, 9.17) is 18.9 Å². The SMILES string of the molecule is CCCCCCCCOCCOCCOCCOCC(C)CC. The highest BCUT2D eigenvalue weighted by Crippen LogP contribution is 2.04. The molecule has 1 unspecified atom stereocenters. The quantitative estimate of drug-likeness (QED) is 0.327. The van der Waals surface area contributed by atoms with E-state index in [1.54, 1.807) is 0 Å². The van der Waals surface area contributed by atoms with Crippen molar-refractivity contribution in [3.05, 3.63) is 0 Å². The van der Waals surface area contributed by atoms with Crippen LogP contribution in [0.25, 0.3) is 0 Å². The Morgan fingerprint density at radius 2 is 1.04 bits per heavy atom. The first-order valence-electron chi connectivity index (χ1n) is 9.62. The third-order valence-corrected chi connectivity index (χ3v) is 3.86. The van der Waals surface area contributed by atoms with Crippen LogP contribution in [0.5, 0.6) is 0 Å². The maximum absolute atomic E-state index is 5.55. The minimum Gasteiger partial charge on any atom is -0.379 e. The highest BCUT2D eigenvalue weighted by atomic mass is 16.6. The molecular formula is C19H40O4. The molecule has 0 saturated heterocycles. The van der Waals surface area contributed by atoms with Crippen molar-refractivity contribution in [2.24, 2.45) is 5.92 Å². The Morgan fingerprint density at radius 3 is 1.61 bits per heavy atom. The van der Waals surface area contributed by atoms with E-state index in [2.05, 4.69) is 20.8 Å². The summed E-state index contributed by atoms with van der Waals surface area (Å²) in [6.07, 6.45) is 8.99. The molecule has 140 valence electrons. The summed E-state index contributed by atoms with van der Waals surface area (Å²) in [6, 6.07) is 0. The predicted octanol–water partition coefficient (Wildman–Crippen LogP) is 4.46. The van der Waals surface area contributed by atoms with E-state index in [9.17, 15) is 0 Å². The van der Waals surface area contributed by atoms with E-state index >= 15 is 0 Å². The number of rotatable bonds is 19. The van der Waals surface area contributed by atoms with Gasteiger partial charge in [-0.2, -0.15) is 0 Å². The van der Waals surface area contributed by atoms with Crippen LogP contribution in [0.3, 0.4) is 0 Å². The van der Waals surface area contributed by atoms with Gasteiger partial charge < -0.3 is 18.9 Å². The van der Waals surface area contributed by atoms with Crippen LogP contribution < -0.4 is 0 Å². The van der Waals surface area contributed by atoms with Crippen molar-refractivity contribution in [2.75, 3.05) is 52.9 Å². The molecule has 23 heavy (non-hydrogen) atoms. The summed E-state index contributed by atoms with van der Waals surface area (Å²) in [5, 5.41) is 0. The van der Waals surface area contributed by atoms with E-state index in [1.807, 2.05) is 0 Å². The summed E-state index contributed by atoms with van der Waals surface area (Å²) in [5.41, 5.74) is 0. The molecule has 0 saturated carbocycles. The number of hydrogen-bond acceptors (Lipinski definition) is 4. The van der Waals surface area contributed by atoms with Crippen molar-refractivity contribution < 1.29 is 18.9 Å². The first-order valence-corrected chi connectivity index (χ1v) is 9.62. The minimum atomic E-state index is 0.629. The monoisotopic (exact) mass is 332 g/mol. The van der Waals surface area contributed by atoms with Gasteiger partial charge in [0.1, 0.15) is 0 Å². The van der Waals surface area contributed by atoms with Crippen LogP contribution in [0.2, 0.25) is 0 Å². The van der Waals surface area contributed by atoms with E-state index in [0.29, 0.717) is 45.6 Å².